The summed E-state index contributed by atoms with van der Waals surface area (Å²) in [6, 6.07) is 10.3. The number of hydrogen-bond donors (Lipinski definition) is 2. The minimum Gasteiger partial charge on any atom is -0.368 e. The monoisotopic (exact) mass is 421 g/mol. The Balaban J connectivity index is 1.60. The summed E-state index contributed by atoms with van der Waals surface area (Å²) >= 11 is 0. The molecule has 0 fully saturated rings. The predicted octanol–water partition coefficient (Wildman–Crippen LogP) is 2.11. The molecular formula is C18H17F2N5O3S. The number of amides is 1. The molecule has 29 heavy (non-hydrogen) atoms. The van der Waals surface area contributed by atoms with Crippen LogP contribution in [0.15, 0.2) is 66.1 Å². The highest BCUT2D eigenvalue weighted by molar-refractivity contribution is 7.91. The predicted molar refractivity (Wildman–Crippen MR) is 102 cm³/mol. The molecule has 1 amide bonds. The maximum atomic E-state index is 12.8. The maximum absolute atomic E-state index is 12.8. The molecule has 2 N–H and O–H groups in total. The van der Waals surface area contributed by atoms with Gasteiger partial charge in [-0.25, -0.2) is 18.4 Å². The van der Waals surface area contributed by atoms with Crippen LogP contribution in [0.3, 0.4) is 0 Å². The molecule has 0 unspecified atom stereocenters. The lowest BCUT2D eigenvalue weighted by Gasteiger charge is -2.11. The third-order valence-corrected chi connectivity index (χ3v) is 5.35. The quantitative estimate of drug-likeness (QED) is 0.540. The number of anilines is 1. The van der Waals surface area contributed by atoms with Crippen LogP contribution in [-0.4, -0.2) is 47.7 Å². The lowest BCUT2D eigenvalue weighted by Crippen LogP contribution is -2.30. The molecule has 0 radical (unpaired) electrons. The van der Waals surface area contributed by atoms with Crippen LogP contribution in [0.25, 0.3) is 5.82 Å². The molecule has 3 aromatic rings. The Kier molecular flexibility index (Phi) is 6.17. The zero-order valence-corrected chi connectivity index (χ0v) is 15.8. The number of nitrogens with one attached hydrogen (secondary N) is 2. The van der Waals surface area contributed by atoms with E-state index < -0.39 is 26.4 Å². The molecule has 8 nitrogen and oxygen atoms in total. The Morgan fingerprint density at radius 2 is 1.79 bits per heavy atom. The van der Waals surface area contributed by atoms with Gasteiger partial charge >= 0.3 is 5.76 Å². The van der Waals surface area contributed by atoms with Crippen LogP contribution in [0.5, 0.6) is 0 Å². The second-order valence-electron chi connectivity index (χ2n) is 5.84. The van der Waals surface area contributed by atoms with Gasteiger partial charge in [-0.3, -0.25) is 4.79 Å². The van der Waals surface area contributed by atoms with E-state index in [9.17, 15) is 22.0 Å². The summed E-state index contributed by atoms with van der Waals surface area (Å²) in [5.74, 6) is -3.19. The summed E-state index contributed by atoms with van der Waals surface area (Å²) < 4.78 is 50.9. The lowest BCUT2D eigenvalue weighted by molar-refractivity contribution is 0.0951. The van der Waals surface area contributed by atoms with Gasteiger partial charge in [0.1, 0.15) is 18.0 Å². The van der Waals surface area contributed by atoms with Crippen LogP contribution in [0.2, 0.25) is 0 Å². The minimum absolute atomic E-state index is 0.116. The SMILES string of the molecule is O=C(NCCNc1cc(-n2cccc2)ncn1)c1ccccc1S(=O)(=O)C(F)F. The first-order chi connectivity index (χ1) is 13.9. The van der Waals surface area contributed by atoms with E-state index in [1.54, 1.807) is 10.6 Å². The Morgan fingerprint density at radius 3 is 2.52 bits per heavy atom. The van der Waals surface area contributed by atoms with Crippen LogP contribution >= 0.6 is 0 Å². The number of carbonyl (C=O) groups is 1. The van der Waals surface area contributed by atoms with Gasteiger partial charge in [-0.15, -0.1) is 0 Å². The molecule has 152 valence electrons. The summed E-state index contributed by atoms with van der Waals surface area (Å²) in [6.07, 6.45) is 5.05. The van der Waals surface area contributed by atoms with E-state index in [4.69, 9.17) is 0 Å². The number of carbonyl (C=O) groups excluding carboxylic acids is 1. The highest BCUT2D eigenvalue weighted by atomic mass is 32.2. The van der Waals surface area contributed by atoms with Crippen LogP contribution < -0.4 is 10.6 Å². The Labute approximate surface area is 165 Å². The summed E-state index contributed by atoms with van der Waals surface area (Å²) in [7, 11) is -4.88. The highest BCUT2D eigenvalue weighted by Crippen LogP contribution is 2.22. The second-order valence-corrected chi connectivity index (χ2v) is 7.72. The molecule has 0 aliphatic heterocycles. The van der Waals surface area contributed by atoms with E-state index in [2.05, 4.69) is 20.6 Å². The van der Waals surface area contributed by atoms with Crippen LogP contribution in [-0.2, 0) is 9.84 Å². The lowest BCUT2D eigenvalue weighted by atomic mass is 10.2. The van der Waals surface area contributed by atoms with Crippen molar-refractivity contribution in [3.8, 4) is 5.82 Å². The van der Waals surface area contributed by atoms with Crippen molar-refractivity contribution < 1.29 is 22.0 Å². The normalized spacial score (nSPS) is 11.4. The van der Waals surface area contributed by atoms with E-state index in [0.717, 1.165) is 6.07 Å². The number of nitrogens with zero attached hydrogens (tertiary/aromatic N) is 3. The van der Waals surface area contributed by atoms with Crippen molar-refractivity contribution in [3.05, 3.63) is 66.7 Å². The Bertz CT molecular complexity index is 1090. The van der Waals surface area contributed by atoms with Crippen LogP contribution in [0, 0.1) is 0 Å². The third kappa shape index (κ3) is 4.74. The molecule has 0 saturated carbocycles. The van der Waals surface area contributed by atoms with Crippen molar-refractivity contribution in [2.45, 2.75) is 10.7 Å². The van der Waals surface area contributed by atoms with Gasteiger partial charge in [0, 0.05) is 31.5 Å². The average Bonchev–Trinajstić information content (AvgIpc) is 3.26. The van der Waals surface area contributed by atoms with E-state index in [0.29, 0.717) is 11.6 Å². The molecule has 1 aromatic carbocycles. The van der Waals surface area contributed by atoms with E-state index in [-0.39, 0.29) is 18.7 Å². The molecule has 3 rings (SSSR count). The average molecular weight is 421 g/mol. The zero-order chi connectivity index (χ0) is 20.9. The standard InChI is InChI=1S/C18H17F2N5O3S/c19-18(20)29(27,28)14-6-2-1-5-13(14)17(26)22-8-7-21-15-11-16(24-12-23-15)25-9-3-4-10-25/h1-6,9-12,18H,7-8H2,(H,22,26)(H,21,23,24). The number of halogens is 2. The van der Waals surface area contributed by atoms with Gasteiger partial charge in [-0.2, -0.15) is 8.78 Å². The first kappa shape index (κ1) is 20.4. The smallest absolute Gasteiger partial charge is 0.341 e. The second kappa shape index (κ2) is 8.78. The number of hydrogen-bond acceptors (Lipinski definition) is 6. The van der Waals surface area contributed by atoms with E-state index in [1.807, 2.05) is 24.5 Å². The fraction of sp³-hybridized carbons (Fsp3) is 0.167. The largest absolute Gasteiger partial charge is 0.368 e. The number of sulfone groups is 1. The van der Waals surface area contributed by atoms with Gasteiger partial charge in [0.25, 0.3) is 5.91 Å². The molecular weight excluding hydrogens is 404 g/mol. The summed E-state index contributed by atoms with van der Waals surface area (Å²) in [5, 5.41) is 5.50. The molecule has 0 atom stereocenters. The molecule has 2 aromatic heterocycles. The summed E-state index contributed by atoms with van der Waals surface area (Å²) in [4.78, 5) is 19.8. The van der Waals surface area contributed by atoms with Gasteiger partial charge in [0.15, 0.2) is 0 Å². The Hall–Kier alpha value is -3.34. The van der Waals surface area contributed by atoms with Gasteiger partial charge < -0.3 is 15.2 Å². The first-order valence-electron chi connectivity index (χ1n) is 8.48. The topological polar surface area (TPSA) is 106 Å². The van der Waals surface area contributed by atoms with Crippen molar-refractivity contribution in [1.82, 2.24) is 19.9 Å². The minimum atomic E-state index is -4.88. The molecule has 0 spiro atoms. The molecule has 0 aliphatic carbocycles. The fourth-order valence-corrected chi connectivity index (χ4v) is 3.46. The van der Waals surface area contributed by atoms with Crippen LogP contribution in [0.1, 0.15) is 10.4 Å². The highest BCUT2D eigenvalue weighted by Gasteiger charge is 2.30. The molecule has 11 heteroatoms. The molecule has 0 bridgehead atoms. The molecule has 0 saturated heterocycles. The van der Waals surface area contributed by atoms with Gasteiger partial charge in [-0.05, 0) is 24.3 Å². The maximum Gasteiger partial charge on any atom is 0.341 e. The van der Waals surface area contributed by atoms with E-state index in [1.165, 1.54) is 24.5 Å². The fourth-order valence-electron chi connectivity index (χ4n) is 2.53. The van der Waals surface area contributed by atoms with E-state index >= 15 is 0 Å². The van der Waals surface area contributed by atoms with Crippen molar-refractivity contribution in [3.63, 3.8) is 0 Å². The number of rotatable bonds is 8. The van der Waals surface area contributed by atoms with Crippen LogP contribution in [0.4, 0.5) is 14.6 Å². The van der Waals surface area contributed by atoms with Crippen molar-refractivity contribution in [2.75, 3.05) is 18.4 Å². The summed E-state index contributed by atoms with van der Waals surface area (Å²) in [5.41, 5.74) is -0.329. The first-order valence-corrected chi connectivity index (χ1v) is 10.0. The number of benzene rings is 1. The van der Waals surface area contributed by atoms with Crippen molar-refractivity contribution in [2.24, 2.45) is 0 Å². The summed E-state index contributed by atoms with van der Waals surface area (Å²) in [6.45, 7) is 0.391. The van der Waals surface area contributed by atoms with Crippen molar-refractivity contribution in [1.29, 1.82) is 0 Å². The third-order valence-electron chi connectivity index (χ3n) is 3.91. The van der Waals surface area contributed by atoms with Gasteiger partial charge in [0.2, 0.25) is 9.84 Å². The zero-order valence-electron chi connectivity index (χ0n) is 15.0. The molecule has 0 aliphatic rings. The van der Waals surface area contributed by atoms with Crippen molar-refractivity contribution >= 4 is 21.6 Å². The van der Waals surface area contributed by atoms with Gasteiger partial charge in [-0.1, -0.05) is 12.1 Å². The Morgan fingerprint density at radius 1 is 1.07 bits per heavy atom. The molecule has 2 heterocycles. The number of aromatic nitrogens is 3. The van der Waals surface area contributed by atoms with Gasteiger partial charge in [0.05, 0.1) is 10.5 Å². The number of alkyl halides is 2.